The van der Waals surface area contributed by atoms with Crippen LogP contribution in [0.2, 0.25) is 0 Å². The van der Waals surface area contributed by atoms with Crippen LogP contribution >= 0.6 is 0 Å². The fraction of sp³-hybridized carbons (Fsp3) is 0.300. The van der Waals surface area contributed by atoms with Gasteiger partial charge >= 0.3 is 5.97 Å². The molecule has 0 aliphatic carbocycles. The fourth-order valence-electron chi connectivity index (χ4n) is 1.27. The van der Waals surface area contributed by atoms with Crippen LogP contribution in [-0.4, -0.2) is 17.1 Å². The Morgan fingerprint density at radius 3 is 2.41 bits per heavy atom. The van der Waals surface area contributed by atoms with E-state index in [1.807, 2.05) is 0 Å². The molecule has 7 heteroatoms. The quantitative estimate of drug-likeness (QED) is 0.803. The lowest BCUT2D eigenvalue weighted by molar-refractivity contribution is -0.138. The summed E-state index contributed by atoms with van der Waals surface area (Å²) in [7, 11) is 0. The summed E-state index contributed by atoms with van der Waals surface area (Å²) >= 11 is 0. The number of halogens is 4. The van der Waals surface area contributed by atoms with E-state index in [0.29, 0.717) is 12.1 Å². The molecule has 0 bridgehead atoms. The number of nitrogens with two attached hydrogens (primary N) is 1. The maximum absolute atomic E-state index is 13.2. The molecule has 0 spiro atoms. The lowest BCUT2D eigenvalue weighted by Gasteiger charge is -2.10. The molecule has 1 aromatic carbocycles. The number of alkyl halides is 2. The predicted molar refractivity (Wildman–Crippen MR) is 50.6 cm³/mol. The number of rotatable bonds is 4. The zero-order valence-electron chi connectivity index (χ0n) is 8.46. The summed E-state index contributed by atoms with van der Waals surface area (Å²) in [6, 6.07) is -0.390. The van der Waals surface area contributed by atoms with Crippen LogP contribution in [0.3, 0.4) is 0 Å². The van der Waals surface area contributed by atoms with Gasteiger partial charge in [-0.05, 0) is 17.7 Å². The normalized spacial score (nSPS) is 12.8. The van der Waals surface area contributed by atoms with E-state index in [4.69, 9.17) is 10.8 Å². The Balaban J connectivity index is 3.09. The largest absolute Gasteiger partial charge is 0.480 e. The molecule has 3 N–H and O–H groups in total. The minimum Gasteiger partial charge on any atom is -0.480 e. The molecule has 1 unspecified atom stereocenters. The summed E-state index contributed by atoms with van der Waals surface area (Å²) < 4.78 is 50.8. The second kappa shape index (κ2) is 5.13. The maximum Gasteiger partial charge on any atom is 0.320 e. The van der Waals surface area contributed by atoms with E-state index in [-0.39, 0.29) is 0 Å². The van der Waals surface area contributed by atoms with Crippen molar-refractivity contribution < 1.29 is 27.5 Å². The van der Waals surface area contributed by atoms with Gasteiger partial charge < -0.3 is 10.8 Å². The molecule has 1 aromatic rings. The molecule has 94 valence electrons. The molecule has 0 aliphatic heterocycles. The molecule has 0 amide bonds. The van der Waals surface area contributed by atoms with Gasteiger partial charge in [-0.3, -0.25) is 4.79 Å². The summed E-state index contributed by atoms with van der Waals surface area (Å²) in [6.45, 7) is 0. The molecule has 1 atom stereocenters. The van der Waals surface area contributed by atoms with Gasteiger partial charge in [0.25, 0.3) is 6.43 Å². The van der Waals surface area contributed by atoms with Crippen LogP contribution in [0.5, 0.6) is 0 Å². The zero-order valence-corrected chi connectivity index (χ0v) is 8.46. The van der Waals surface area contributed by atoms with Crippen molar-refractivity contribution in [1.82, 2.24) is 0 Å². The second-order valence-corrected chi connectivity index (χ2v) is 3.43. The first kappa shape index (κ1) is 13.4. The Morgan fingerprint density at radius 1 is 1.35 bits per heavy atom. The van der Waals surface area contributed by atoms with Crippen LogP contribution in [0.25, 0.3) is 0 Å². The highest BCUT2D eigenvalue weighted by atomic mass is 19.3. The second-order valence-electron chi connectivity index (χ2n) is 3.43. The predicted octanol–water partition coefficient (Wildman–Crippen LogP) is 1.86. The molecule has 0 aliphatic rings. The topological polar surface area (TPSA) is 63.3 Å². The van der Waals surface area contributed by atoms with Gasteiger partial charge in [-0.15, -0.1) is 0 Å². The lowest BCUT2D eigenvalue weighted by atomic mass is 10.0. The summed E-state index contributed by atoms with van der Waals surface area (Å²) in [4.78, 5) is 10.4. The van der Waals surface area contributed by atoms with E-state index < -0.39 is 47.6 Å². The Labute approximate surface area is 93.8 Å². The van der Waals surface area contributed by atoms with Crippen LogP contribution in [0.1, 0.15) is 17.6 Å². The van der Waals surface area contributed by atoms with Crippen LogP contribution in [-0.2, 0) is 11.2 Å². The molecule has 17 heavy (non-hydrogen) atoms. The van der Waals surface area contributed by atoms with Gasteiger partial charge in [0, 0.05) is 12.0 Å². The van der Waals surface area contributed by atoms with Crippen molar-refractivity contribution in [2.24, 2.45) is 5.73 Å². The minimum absolute atomic E-state index is 0.371. The summed E-state index contributed by atoms with van der Waals surface area (Å²) in [5, 5.41) is 8.49. The summed E-state index contributed by atoms with van der Waals surface area (Å²) in [5.74, 6) is -4.23. The highest BCUT2D eigenvalue weighted by Gasteiger charge is 2.20. The highest BCUT2D eigenvalue weighted by Crippen LogP contribution is 2.24. The molecule has 0 radical (unpaired) electrons. The number of benzene rings is 1. The number of carboxylic acid groups (broad SMARTS) is 1. The first-order valence-electron chi connectivity index (χ1n) is 4.57. The highest BCUT2D eigenvalue weighted by molar-refractivity contribution is 5.73. The third-order valence-corrected chi connectivity index (χ3v) is 2.13. The number of hydrogen-bond donors (Lipinski definition) is 2. The molecule has 0 heterocycles. The van der Waals surface area contributed by atoms with E-state index in [0.717, 1.165) is 0 Å². The monoisotopic (exact) mass is 251 g/mol. The third-order valence-electron chi connectivity index (χ3n) is 2.13. The van der Waals surface area contributed by atoms with Crippen molar-refractivity contribution in [2.75, 3.05) is 0 Å². The summed E-state index contributed by atoms with van der Waals surface area (Å²) in [6.07, 6.45) is -3.52. The number of carbonyl (C=O) groups is 1. The number of hydrogen-bond acceptors (Lipinski definition) is 2. The first-order chi connectivity index (χ1) is 7.82. The summed E-state index contributed by atoms with van der Waals surface area (Å²) in [5.41, 5.74) is 3.93. The van der Waals surface area contributed by atoms with E-state index in [1.165, 1.54) is 0 Å². The van der Waals surface area contributed by atoms with Crippen molar-refractivity contribution in [3.63, 3.8) is 0 Å². The molecule has 0 fully saturated rings. The molecule has 1 rings (SSSR count). The van der Waals surface area contributed by atoms with Crippen LogP contribution in [0, 0.1) is 11.6 Å². The van der Waals surface area contributed by atoms with E-state index in [9.17, 15) is 22.4 Å². The molecule has 0 saturated carbocycles. The molecule has 0 aromatic heterocycles. The van der Waals surface area contributed by atoms with Gasteiger partial charge in [0.1, 0.15) is 6.04 Å². The van der Waals surface area contributed by atoms with Crippen LogP contribution in [0.15, 0.2) is 12.1 Å². The maximum atomic E-state index is 13.2. The average molecular weight is 251 g/mol. The van der Waals surface area contributed by atoms with Crippen molar-refractivity contribution >= 4 is 5.97 Å². The van der Waals surface area contributed by atoms with E-state index in [2.05, 4.69) is 0 Å². The average Bonchev–Trinajstić information content (AvgIpc) is 2.23. The van der Waals surface area contributed by atoms with Gasteiger partial charge in [0.15, 0.2) is 11.6 Å². The Bertz CT molecular complexity index is 437. The Hall–Kier alpha value is -1.63. The smallest absolute Gasteiger partial charge is 0.320 e. The first-order valence-corrected chi connectivity index (χ1v) is 4.57. The Morgan fingerprint density at radius 2 is 1.94 bits per heavy atom. The van der Waals surface area contributed by atoms with Gasteiger partial charge in [-0.25, -0.2) is 17.6 Å². The SMILES string of the molecule is NC(Cc1cc(C(F)F)cc(F)c1F)C(=O)O. The van der Waals surface area contributed by atoms with E-state index in [1.54, 1.807) is 0 Å². The number of carboxylic acids is 1. The van der Waals surface area contributed by atoms with Crippen molar-refractivity contribution in [3.05, 3.63) is 34.9 Å². The van der Waals surface area contributed by atoms with Crippen molar-refractivity contribution in [3.8, 4) is 0 Å². The molecule has 0 saturated heterocycles. The molecule has 3 nitrogen and oxygen atoms in total. The standard InChI is InChI=1S/C10H9F4NO2/c11-6-2-5(9(13)14)1-4(8(6)12)3-7(15)10(16)17/h1-2,7,9H,3,15H2,(H,16,17). The van der Waals surface area contributed by atoms with Crippen molar-refractivity contribution in [2.45, 2.75) is 18.9 Å². The Kier molecular flexibility index (Phi) is 4.06. The van der Waals surface area contributed by atoms with E-state index >= 15 is 0 Å². The molecular weight excluding hydrogens is 242 g/mol. The fourth-order valence-corrected chi connectivity index (χ4v) is 1.27. The van der Waals surface area contributed by atoms with Gasteiger partial charge in [-0.1, -0.05) is 0 Å². The van der Waals surface area contributed by atoms with Crippen LogP contribution < -0.4 is 5.73 Å². The number of aliphatic carboxylic acids is 1. The lowest BCUT2D eigenvalue weighted by Crippen LogP contribution is -2.32. The third kappa shape index (κ3) is 3.16. The van der Waals surface area contributed by atoms with Crippen molar-refractivity contribution in [1.29, 1.82) is 0 Å². The van der Waals surface area contributed by atoms with Gasteiger partial charge in [0.2, 0.25) is 0 Å². The van der Waals surface area contributed by atoms with Crippen LogP contribution in [0.4, 0.5) is 17.6 Å². The minimum atomic E-state index is -2.97. The van der Waals surface area contributed by atoms with Gasteiger partial charge in [0.05, 0.1) is 0 Å². The van der Waals surface area contributed by atoms with Gasteiger partial charge in [-0.2, -0.15) is 0 Å². The molecular formula is C10H9F4NO2. The zero-order chi connectivity index (χ0) is 13.2.